The number of rotatable bonds is 7. The van der Waals surface area contributed by atoms with Gasteiger partial charge in [0.25, 0.3) is 0 Å². The average Bonchev–Trinajstić information content (AvgIpc) is 2.28. The third-order valence-corrected chi connectivity index (χ3v) is 2.33. The van der Waals surface area contributed by atoms with Crippen LogP contribution in [0.5, 0.6) is 0 Å². The number of hydrogen-bond donors (Lipinski definition) is 2. The molecule has 0 saturated heterocycles. The van der Waals surface area contributed by atoms with Crippen LogP contribution in [0.15, 0.2) is 24.5 Å². The molecular formula is C12H21N3. The molecule has 0 spiro atoms. The van der Waals surface area contributed by atoms with Crippen molar-refractivity contribution in [3.8, 4) is 0 Å². The van der Waals surface area contributed by atoms with Crippen molar-refractivity contribution >= 4 is 0 Å². The maximum atomic E-state index is 4.09. The van der Waals surface area contributed by atoms with Gasteiger partial charge < -0.3 is 10.6 Å². The number of nitrogens with one attached hydrogen (secondary N) is 2. The fourth-order valence-corrected chi connectivity index (χ4v) is 1.44. The highest BCUT2D eigenvalue weighted by atomic mass is 15.0. The highest BCUT2D eigenvalue weighted by Crippen LogP contribution is 1.95. The molecular weight excluding hydrogens is 186 g/mol. The van der Waals surface area contributed by atoms with Crippen molar-refractivity contribution in [2.75, 3.05) is 19.6 Å². The van der Waals surface area contributed by atoms with Crippen molar-refractivity contribution in [1.82, 2.24) is 15.6 Å². The third-order valence-electron chi connectivity index (χ3n) is 2.33. The van der Waals surface area contributed by atoms with Crippen LogP contribution in [0, 0.1) is 0 Å². The van der Waals surface area contributed by atoms with Crippen molar-refractivity contribution in [2.45, 2.75) is 26.3 Å². The number of aromatic nitrogens is 1. The summed E-state index contributed by atoms with van der Waals surface area (Å²) in [6.45, 7) is 7.41. The van der Waals surface area contributed by atoms with Crippen LogP contribution in [-0.2, 0) is 6.42 Å². The Morgan fingerprint density at radius 3 is 3.00 bits per heavy atom. The van der Waals surface area contributed by atoms with Gasteiger partial charge in [0.2, 0.25) is 0 Å². The van der Waals surface area contributed by atoms with Crippen molar-refractivity contribution < 1.29 is 0 Å². The topological polar surface area (TPSA) is 37.0 Å². The molecule has 0 fully saturated rings. The summed E-state index contributed by atoms with van der Waals surface area (Å²) >= 11 is 0. The van der Waals surface area contributed by atoms with Crippen LogP contribution in [0.4, 0.5) is 0 Å². The van der Waals surface area contributed by atoms with Crippen molar-refractivity contribution in [1.29, 1.82) is 0 Å². The van der Waals surface area contributed by atoms with Crippen LogP contribution in [0.1, 0.15) is 19.4 Å². The molecule has 0 bridgehead atoms. The third kappa shape index (κ3) is 5.50. The minimum Gasteiger partial charge on any atom is -0.315 e. The summed E-state index contributed by atoms with van der Waals surface area (Å²) < 4.78 is 0. The molecule has 1 aromatic rings. The van der Waals surface area contributed by atoms with Gasteiger partial charge in [-0.1, -0.05) is 13.0 Å². The van der Waals surface area contributed by atoms with Gasteiger partial charge in [0.05, 0.1) is 0 Å². The Balaban J connectivity index is 2.11. The van der Waals surface area contributed by atoms with Crippen molar-refractivity contribution in [3.63, 3.8) is 0 Å². The fourth-order valence-electron chi connectivity index (χ4n) is 1.44. The lowest BCUT2D eigenvalue weighted by molar-refractivity contribution is 0.512. The van der Waals surface area contributed by atoms with Crippen molar-refractivity contribution in [3.05, 3.63) is 30.1 Å². The second kappa shape index (κ2) is 7.37. The lowest BCUT2D eigenvalue weighted by Crippen LogP contribution is -2.37. The molecule has 1 aromatic heterocycles. The monoisotopic (exact) mass is 207 g/mol. The molecule has 0 aromatic carbocycles. The zero-order chi connectivity index (χ0) is 10.9. The van der Waals surface area contributed by atoms with Gasteiger partial charge in [-0.3, -0.25) is 4.98 Å². The van der Waals surface area contributed by atoms with E-state index < -0.39 is 0 Å². The largest absolute Gasteiger partial charge is 0.315 e. The van der Waals surface area contributed by atoms with Gasteiger partial charge in [-0.05, 0) is 38.1 Å². The van der Waals surface area contributed by atoms with Crippen LogP contribution in [-0.4, -0.2) is 30.7 Å². The summed E-state index contributed by atoms with van der Waals surface area (Å²) in [5, 5.41) is 6.80. The first-order valence-electron chi connectivity index (χ1n) is 5.66. The Labute approximate surface area is 92.3 Å². The zero-order valence-corrected chi connectivity index (χ0v) is 9.66. The molecule has 0 amide bonds. The highest BCUT2D eigenvalue weighted by Gasteiger charge is 1.99. The predicted octanol–water partition coefficient (Wildman–Crippen LogP) is 1.21. The molecule has 0 aliphatic heterocycles. The molecule has 0 saturated carbocycles. The molecule has 0 aliphatic carbocycles. The quantitative estimate of drug-likeness (QED) is 0.705. The molecule has 84 valence electrons. The van der Waals surface area contributed by atoms with E-state index in [9.17, 15) is 0 Å². The fraction of sp³-hybridized carbons (Fsp3) is 0.583. The van der Waals surface area contributed by atoms with Gasteiger partial charge in [0, 0.05) is 25.0 Å². The standard InChI is InChI=1S/C12H21N3/c1-3-13-9-11(2)15-8-6-12-5-4-7-14-10-12/h4-5,7,10-11,13,15H,3,6,8-9H2,1-2H3. The Bertz CT molecular complexity index is 248. The first-order chi connectivity index (χ1) is 7.33. The number of hydrogen-bond acceptors (Lipinski definition) is 3. The Morgan fingerprint density at radius 1 is 1.47 bits per heavy atom. The lowest BCUT2D eigenvalue weighted by atomic mass is 10.2. The Morgan fingerprint density at radius 2 is 2.33 bits per heavy atom. The minimum atomic E-state index is 0.529. The molecule has 15 heavy (non-hydrogen) atoms. The van der Waals surface area contributed by atoms with Crippen LogP contribution in [0.3, 0.4) is 0 Å². The average molecular weight is 207 g/mol. The minimum absolute atomic E-state index is 0.529. The van der Waals surface area contributed by atoms with Crippen LogP contribution < -0.4 is 10.6 Å². The summed E-state index contributed by atoms with van der Waals surface area (Å²) in [6.07, 6.45) is 4.78. The Hall–Kier alpha value is -0.930. The second-order valence-corrected chi connectivity index (χ2v) is 3.77. The first-order valence-corrected chi connectivity index (χ1v) is 5.66. The molecule has 1 rings (SSSR count). The van der Waals surface area contributed by atoms with Gasteiger partial charge in [0.1, 0.15) is 0 Å². The number of likely N-dealkylation sites (N-methyl/N-ethyl adjacent to an activating group) is 1. The predicted molar refractivity (Wildman–Crippen MR) is 63.9 cm³/mol. The van der Waals surface area contributed by atoms with E-state index in [0.29, 0.717) is 6.04 Å². The van der Waals surface area contributed by atoms with E-state index >= 15 is 0 Å². The maximum absolute atomic E-state index is 4.09. The molecule has 1 atom stereocenters. The van der Waals surface area contributed by atoms with Crippen molar-refractivity contribution in [2.24, 2.45) is 0 Å². The van der Waals surface area contributed by atoms with E-state index in [0.717, 1.165) is 26.1 Å². The molecule has 3 heteroatoms. The maximum Gasteiger partial charge on any atom is 0.0300 e. The van der Waals surface area contributed by atoms with Gasteiger partial charge in [0.15, 0.2) is 0 Å². The zero-order valence-electron chi connectivity index (χ0n) is 9.66. The molecule has 0 aliphatic rings. The van der Waals surface area contributed by atoms with Crippen LogP contribution in [0.2, 0.25) is 0 Å². The molecule has 1 unspecified atom stereocenters. The first kappa shape index (κ1) is 12.1. The van der Waals surface area contributed by atoms with Gasteiger partial charge in [-0.25, -0.2) is 0 Å². The highest BCUT2D eigenvalue weighted by molar-refractivity contribution is 5.08. The second-order valence-electron chi connectivity index (χ2n) is 3.77. The summed E-state index contributed by atoms with van der Waals surface area (Å²) in [5.74, 6) is 0. The number of nitrogens with zero attached hydrogens (tertiary/aromatic N) is 1. The van der Waals surface area contributed by atoms with Gasteiger partial charge in [-0.2, -0.15) is 0 Å². The van der Waals surface area contributed by atoms with E-state index in [-0.39, 0.29) is 0 Å². The van der Waals surface area contributed by atoms with E-state index in [1.807, 2.05) is 18.5 Å². The van der Waals surface area contributed by atoms with Crippen LogP contribution >= 0.6 is 0 Å². The lowest BCUT2D eigenvalue weighted by Gasteiger charge is -2.13. The molecule has 0 radical (unpaired) electrons. The van der Waals surface area contributed by atoms with E-state index in [1.54, 1.807) is 0 Å². The Kier molecular flexibility index (Phi) is 5.97. The molecule has 1 heterocycles. The summed E-state index contributed by atoms with van der Waals surface area (Å²) in [5.41, 5.74) is 1.29. The number of pyridine rings is 1. The van der Waals surface area contributed by atoms with Gasteiger partial charge in [-0.15, -0.1) is 0 Å². The smallest absolute Gasteiger partial charge is 0.0300 e. The van der Waals surface area contributed by atoms with Gasteiger partial charge >= 0.3 is 0 Å². The molecule has 3 nitrogen and oxygen atoms in total. The summed E-state index contributed by atoms with van der Waals surface area (Å²) in [7, 11) is 0. The SMILES string of the molecule is CCNCC(C)NCCc1cccnc1. The van der Waals surface area contributed by atoms with Crippen LogP contribution in [0.25, 0.3) is 0 Å². The van der Waals surface area contributed by atoms with E-state index in [4.69, 9.17) is 0 Å². The van der Waals surface area contributed by atoms with E-state index in [2.05, 4.69) is 35.5 Å². The molecule has 2 N–H and O–H groups in total. The summed E-state index contributed by atoms with van der Waals surface area (Å²) in [4.78, 5) is 4.09. The summed E-state index contributed by atoms with van der Waals surface area (Å²) in [6, 6.07) is 4.63. The van der Waals surface area contributed by atoms with E-state index in [1.165, 1.54) is 5.56 Å². The normalized spacial score (nSPS) is 12.7.